The first-order chi connectivity index (χ1) is 11.0. The van der Waals surface area contributed by atoms with E-state index in [-0.39, 0.29) is 6.10 Å². The molecule has 2 rings (SSSR count). The molecule has 0 unspecified atom stereocenters. The van der Waals surface area contributed by atoms with Gasteiger partial charge in [-0.3, -0.25) is 4.90 Å². The minimum atomic E-state index is -0.486. The van der Waals surface area contributed by atoms with Crippen LogP contribution in [0, 0.1) is 0 Å². The summed E-state index contributed by atoms with van der Waals surface area (Å²) in [6, 6.07) is 7.55. The van der Waals surface area contributed by atoms with E-state index >= 15 is 0 Å². The number of ether oxygens (including phenoxy) is 2. The quantitative estimate of drug-likeness (QED) is 0.775. The molecule has 2 atom stereocenters. The molecule has 1 fully saturated rings. The van der Waals surface area contributed by atoms with E-state index in [9.17, 15) is 5.11 Å². The Morgan fingerprint density at radius 1 is 1.39 bits per heavy atom. The first-order valence-corrected chi connectivity index (χ1v) is 8.39. The van der Waals surface area contributed by atoms with Crippen LogP contribution in [0.15, 0.2) is 24.3 Å². The van der Waals surface area contributed by atoms with Gasteiger partial charge in [-0.1, -0.05) is 23.7 Å². The highest BCUT2D eigenvalue weighted by molar-refractivity contribution is 6.30. The van der Waals surface area contributed by atoms with Crippen LogP contribution in [0.25, 0.3) is 0 Å². The number of benzene rings is 1. The summed E-state index contributed by atoms with van der Waals surface area (Å²) in [5, 5.41) is 10.9. The summed E-state index contributed by atoms with van der Waals surface area (Å²) in [6.45, 7) is 4.77. The van der Waals surface area contributed by atoms with Crippen LogP contribution in [-0.2, 0) is 16.1 Å². The van der Waals surface area contributed by atoms with Gasteiger partial charge in [-0.25, -0.2) is 0 Å². The van der Waals surface area contributed by atoms with E-state index in [1.54, 1.807) is 0 Å². The summed E-state index contributed by atoms with van der Waals surface area (Å²) >= 11 is 5.85. The number of halogens is 1. The van der Waals surface area contributed by atoms with Crippen LogP contribution in [0.2, 0.25) is 5.02 Å². The molecular formula is C17H27ClN2O3. The molecule has 0 radical (unpaired) electrons. The number of nitrogens with zero attached hydrogens (tertiary/aromatic N) is 2. The van der Waals surface area contributed by atoms with Crippen LogP contribution < -0.4 is 0 Å². The Labute approximate surface area is 143 Å². The predicted molar refractivity (Wildman–Crippen MR) is 91.8 cm³/mol. The molecular weight excluding hydrogens is 316 g/mol. The molecule has 0 saturated carbocycles. The minimum Gasteiger partial charge on any atom is -0.389 e. The van der Waals surface area contributed by atoms with E-state index in [4.69, 9.17) is 21.1 Å². The van der Waals surface area contributed by atoms with Gasteiger partial charge < -0.3 is 19.5 Å². The number of aliphatic hydroxyl groups excluding tert-OH is 1. The molecule has 0 spiro atoms. The molecule has 0 amide bonds. The van der Waals surface area contributed by atoms with Crippen molar-refractivity contribution in [2.24, 2.45) is 0 Å². The smallest absolute Gasteiger partial charge is 0.0900 e. The van der Waals surface area contributed by atoms with Crippen LogP contribution in [-0.4, -0.2) is 80.6 Å². The van der Waals surface area contributed by atoms with Crippen molar-refractivity contribution in [1.82, 2.24) is 9.80 Å². The second kappa shape index (κ2) is 9.57. The van der Waals surface area contributed by atoms with Crippen LogP contribution in [0.1, 0.15) is 5.56 Å². The van der Waals surface area contributed by atoms with Gasteiger partial charge in [0.05, 0.1) is 32.0 Å². The van der Waals surface area contributed by atoms with Crippen molar-refractivity contribution in [2.75, 3.05) is 53.5 Å². The summed E-state index contributed by atoms with van der Waals surface area (Å²) in [5.74, 6) is 0. The van der Waals surface area contributed by atoms with Gasteiger partial charge in [-0.2, -0.15) is 0 Å². The SMILES string of the molecule is CN(C)C[C@H]1CN(C[C@H](O)COCc2ccc(Cl)cc2)CCO1. The van der Waals surface area contributed by atoms with Gasteiger partial charge in [0.1, 0.15) is 0 Å². The average molecular weight is 343 g/mol. The third kappa shape index (κ3) is 7.16. The van der Waals surface area contributed by atoms with E-state index < -0.39 is 6.10 Å². The van der Waals surface area contributed by atoms with Crippen LogP contribution in [0.5, 0.6) is 0 Å². The molecule has 1 aromatic carbocycles. The Kier molecular flexibility index (Phi) is 7.76. The highest BCUT2D eigenvalue weighted by Crippen LogP contribution is 2.11. The van der Waals surface area contributed by atoms with E-state index in [0.717, 1.165) is 31.8 Å². The first kappa shape index (κ1) is 18.6. The lowest BCUT2D eigenvalue weighted by Gasteiger charge is -2.35. The van der Waals surface area contributed by atoms with Gasteiger partial charge in [0.2, 0.25) is 0 Å². The number of aliphatic hydroxyl groups is 1. The molecule has 23 heavy (non-hydrogen) atoms. The minimum absolute atomic E-state index is 0.209. The zero-order chi connectivity index (χ0) is 16.7. The normalized spacial score (nSPS) is 20.8. The first-order valence-electron chi connectivity index (χ1n) is 8.02. The van der Waals surface area contributed by atoms with Crippen LogP contribution in [0.3, 0.4) is 0 Å². The van der Waals surface area contributed by atoms with Crippen molar-refractivity contribution < 1.29 is 14.6 Å². The number of β-amino-alcohol motifs (C(OH)–C–C–N with tert-alkyl or cyclic N) is 1. The van der Waals surface area contributed by atoms with Crippen molar-refractivity contribution in [3.05, 3.63) is 34.9 Å². The molecule has 1 N–H and O–H groups in total. The monoisotopic (exact) mass is 342 g/mol. The van der Waals surface area contributed by atoms with Crippen molar-refractivity contribution in [1.29, 1.82) is 0 Å². The van der Waals surface area contributed by atoms with Crippen LogP contribution in [0.4, 0.5) is 0 Å². The maximum absolute atomic E-state index is 10.2. The zero-order valence-corrected chi connectivity index (χ0v) is 14.7. The molecule has 130 valence electrons. The van der Waals surface area contributed by atoms with E-state index in [0.29, 0.717) is 24.8 Å². The number of rotatable bonds is 8. The molecule has 6 heteroatoms. The lowest BCUT2D eigenvalue weighted by molar-refractivity contribution is -0.0584. The molecule has 5 nitrogen and oxygen atoms in total. The molecule has 1 heterocycles. The van der Waals surface area contributed by atoms with Gasteiger partial charge in [0, 0.05) is 31.2 Å². The van der Waals surface area contributed by atoms with Crippen molar-refractivity contribution >= 4 is 11.6 Å². The molecule has 1 aliphatic rings. The third-order valence-electron chi connectivity index (χ3n) is 3.75. The third-order valence-corrected chi connectivity index (χ3v) is 4.00. The molecule has 0 aliphatic carbocycles. The van der Waals surface area contributed by atoms with Crippen LogP contribution >= 0.6 is 11.6 Å². The fourth-order valence-electron chi connectivity index (χ4n) is 2.71. The molecule has 1 saturated heterocycles. The Morgan fingerprint density at radius 2 is 2.13 bits per heavy atom. The summed E-state index contributed by atoms with van der Waals surface area (Å²) in [7, 11) is 4.09. The lowest BCUT2D eigenvalue weighted by atomic mass is 10.2. The van der Waals surface area contributed by atoms with Gasteiger partial charge in [0.25, 0.3) is 0 Å². The molecule has 1 aromatic rings. The van der Waals surface area contributed by atoms with E-state index in [1.807, 2.05) is 38.4 Å². The van der Waals surface area contributed by atoms with Gasteiger partial charge in [-0.05, 0) is 31.8 Å². The Bertz CT molecular complexity index is 456. The van der Waals surface area contributed by atoms with Crippen molar-refractivity contribution in [2.45, 2.75) is 18.8 Å². The Hall–Kier alpha value is -0.690. The molecule has 1 aliphatic heterocycles. The highest BCUT2D eigenvalue weighted by atomic mass is 35.5. The van der Waals surface area contributed by atoms with Crippen molar-refractivity contribution in [3.63, 3.8) is 0 Å². The predicted octanol–water partition coefficient (Wildman–Crippen LogP) is 1.48. The summed E-state index contributed by atoms with van der Waals surface area (Å²) in [6.07, 6.45) is -0.277. The lowest BCUT2D eigenvalue weighted by Crippen LogP contribution is -2.49. The summed E-state index contributed by atoms with van der Waals surface area (Å²) < 4.78 is 11.3. The average Bonchev–Trinajstić information content (AvgIpc) is 2.49. The number of likely N-dealkylation sites (N-methyl/N-ethyl adjacent to an activating group) is 1. The maximum atomic E-state index is 10.2. The second-order valence-electron chi connectivity index (χ2n) is 6.31. The summed E-state index contributed by atoms with van der Waals surface area (Å²) in [4.78, 5) is 4.37. The van der Waals surface area contributed by atoms with Gasteiger partial charge >= 0.3 is 0 Å². The topological polar surface area (TPSA) is 45.2 Å². The number of hydrogen-bond acceptors (Lipinski definition) is 5. The standard InChI is InChI=1S/C17H27ClN2O3/c1-19(2)10-17-11-20(7-8-23-17)9-16(21)13-22-12-14-3-5-15(18)6-4-14/h3-6,16-17,21H,7-13H2,1-2H3/t16-,17-/m0/s1. The second-order valence-corrected chi connectivity index (χ2v) is 6.75. The maximum Gasteiger partial charge on any atom is 0.0900 e. The largest absolute Gasteiger partial charge is 0.389 e. The molecule has 0 bridgehead atoms. The van der Waals surface area contributed by atoms with E-state index in [1.165, 1.54) is 0 Å². The Balaban J connectivity index is 1.65. The summed E-state index contributed by atoms with van der Waals surface area (Å²) in [5.41, 5.74) is 1.05. The number of hydrogen-bond donors (Lipinski definition) is 1. The van der Waals surface area contributed by atoms with Gasteiger partial charge in [0.15, 0.2) is 0 Å². The molecule has 0 aromatic heterocycles. The number of morpholine rings is 1. The fourth-order valence-corrected chi connectivity index (χ4v) is 2.83. The van der Waals surface area contributed by atoms with E-state index in [2.05, 4.69) is 9.80 Å². The highest BCUT2D eigenvalue weighted by Gasteiger charge is 2.22. The fraction of sp³-hybridized carbons (Fsp3) is 0.647. The van der Waals surface area contributed by atoms with Gasteiger partial charge in [-0.15, -0.1) is 0 Å². The Morgan fingerprint density at radius 3 is 2.83 bits per heavy atom. The van der Waals surface area contributed by atoms with Crippen molar-refractivity contribution in [3.8, 4) is 0 Å². The zero-order valence-electron chi connectivity index (χ0n) is 13.9.